The van der Waals surface area contributed by atoms with Gasteiger partial charge in [0.2, 0.25) is 0 Å². The Labute approximate surface area is 204 Å². The number of hydrogen-bond acceptors (Lipinski definition) is 4. The lowest BCUT2D eigenvalue weighted by Gasteiger charge is -1.70. The van der Waals surface area contributed by atoms with E-state index in [-0.39, 0.29) is 26.4 Å². The molecule has 0 radical (unpaired) electrons. The van der Waals surface area contributed by atoms with Crippen LogP contribution in [0.25, 0.3) is 0 Å². The second-order valence-electron chi connectivity index (χ2n) is 1.71. The average Bonchev–Trinajstić information content (AvgIpc) is 2.95. The summed E-state index contributed by atoms with van der Waals surface area (Å²) in [7, 11) is 0. The zero-order valence-corrected chi connectivity index (χ0v) is 21.9. The Kier molecular flexibility index (Phi) is 6370. The van der Waals surface area contributed by atoms with Gasteiger partial charge in [0, 0.05) is 0 Å². The summed E-state index contributed by atoms with van der Waals surface area (Å²) in [5.74, 6) is 0. The van der Waals surface area contributed by atoms with E-state index in [1.807, 2.05) is 13.8 Å². The van der Waals surface area contributed by atoms with Crippen LogP contribution in [0.2, 0.25) is 0 Å². The summed E-state index contributed by atoms with van der Waals surface area (Å²) in [4.78, 5) is 0. The van der Waals surface area contributed by atoms with Crippen LogP contribution in [0, 0.1) is 0 Å². The van der Waals surface area contributed by atoms with Gasteiger partial charge in [0.05, 0.1) is 26.4 Å². The van der Waals surface area contributed by atoms with E-state index < -0.39 is 0 Å². The minimum Gasteiger partial charge on any atom is -0.394 e. The highest BCUT2D eigenvalue weighted by atomic mass is 16.3. The summed E-state index contributed by atoms with van der Waals surface area (Å²) >= 11 is 0. The molecular weight excluding hydrogens is 400 g/mol. The van der Waals surface area contributed by atoms with E-state index in [1.54, 1.807) is 12.2 Å². The third-order valence-corrected chi connectivity index (χ3v) is 0.200. The Morgan fingerprint density at radius 3 is 0.375 bits per heavy atom. The van der Waals surface area contributed by atoms with Crippen molar-refractivity contribution in [2.45, 2.75) is 13.8 Å². The van der Waals surface area contributed by atoms with Crippen LogP contribution in [0.4, 0.5) is 0 Å². The molecule has 0 heterocycles. The van der Waals surface area contributed by atoms with Crippen LogP contribution in [-0.4, -0.2) is 46.9 Å². The smallest absolute Gasteiger partial charge is 0.0662 e. The lowest BCUT2D eigenvalue weighted by molar-refractivity contribution is 0.186. The molecule has 4 N–H and O–H groups in total. The lowest BCUT2D eigenvalue weighted by Crippen LogP contribution is -1.85. The van der Waals surface area contributed by atoms with E-state index in [1.165, 1.54) is 0 Å². The van der Waals surface area contributed by atoms with Crippen LogP contribution in [0.3, 0.4) is 0 Å². The van der Waals surface area contributed by atoms with Crippen molar-refractivity contribution < 1.29 is 20.4 Å². The Bertz CT molecular complexity index is 132. The Morgan fingerprint density at radius 2 is 0.375 bits per heavy atom. The van der Waals surface area contributed by atoms with Crippen LogP contribution in [-0.2, 0) is 0 Å². The highest BCUT2D eigenvalue weighted by Crippen LogP contribution is 1.40. The van der Waals surface area contributed by atoms with Gasteiger partial charge in [0.1, 0.15) is 0 Å². The molecule has 32 heavy (non-hydrogen) atoms. The predicted octanol–water partition coefficient (Wildman–Crippen LogP) is 7.55. The SMILES string of the molecule is C=C.C=C.C=C.C=C.C=C.C=C.C=C.C=C.C=C.C=CC.C=CC.OCCO.OCCO. The first-order valence-electron chi connectivity index (χ1n) is 8.74. The van der Waals surface area contributed by atoms with Gasteiger partial charge in [-0.25, -0.2) is 0 Å². The number of rotatable bonds is 2. The number of hydrogen-bond donors (Lipinski definition) is 4. The molecule has 0 aliphatic rings. The van der Waals surface area contributed by atoms with Crippen LogP contribution >= 0.6 is 0 Å². The molecule has 0 aromatic rings. The van der Waals surface area contributed by atoms with Gasteiger partial charge in [-0.2, -0.15) is 0 Å². The lowest BCUT2D eigenvalue weighted by atomic mass is 10.8. The molecule has 0 bridgehead atoms. The van der Waals surface area contributed by atoms with Gasteiger partial charge in [0.25, 0.3) is 0 Å². The van der Waals surface area contributed by atoms with Gasteiger partial charge in [-0.15, -0.1) is 132 Å². The molecule has 0 atom stereocenters. The Hall–Kier alpha value is -3.02. The molecule has 0 unspecified atom stereocenters. The van der Waals surface area contributed by atoms with Crippen molar-refractivity contribution >= 4 is 0 Å². The van der Waals surface area contributed by atoms with Crippen LogP contribution in [0.15, 0.2) is 144 Å². The highest BCUT2D eigenvalue weighted by molar-refractivity contribution is 4.52. The minimum atomic E-state index is -0.125. The molecule has 196 valence electrons. The third kappa shape index (κ3) is 17500. The molecule has 4 nitrogen and oxygen atoms in total. The molecule has 0 spiro atoms. The van der Waals surface area contributed by atoms with Crippen LogP contribution in [0.5, 0.6) is 0 Å². The van der Waals surface area contributed by atoms with Crippen molar-refractivity contribution in [1.29, 1.82) is 0 Å². The summed E-state index contributed by atoms with van der Waals surface area (Å²) in [5.41, 5.74) is 0. The molecule has 0 saturated carbocycles. The molecule has 4 heteroatoms. The van der Waals surface area contributed by atoms with Gasteiger partial charge in [-0.1, -0.05) is 12.2 Å². The van der Waals surface area contributed by atoms with E-state index in [0.29, 0.717) is 0 Å². The number of allylic oxidation sites excluding steroid dienone is 2. The molecular formula is C28H60O4. The van der Waals surface area contributed by atoms with Gasteiger partial charge in [-0.05, 0) is 13.8 Å². The summed E-state index contributed by atoms with van der Waals surface area (Å²) in [6, 6.07) is 0. The maximum absolute atomic E-state index is 7.62. The summed E-state index contributed by atoms with van der Waals surface area (Å²) in [6.45, 7) is 64.0. The van der Waals surface area contributed by atoms with E-state index >= 15 is 0 Å². The quantitative estimate of drug-likeness (QED) is 0.321. The monoisotopic (exact) mass is 460 g/mol. The fraction of sp³-hybridized carbons (Fsp3) is 0.214. The minimum absolute atomic E-state index is 0.125. The average molecular weight is 461 g/mol. The van der Waals surface area contributed by atoms with Crippen LogP contribution < -0.4 is 0 Å². The van der Waals surface area contributed by atoms with E-state index in [9.17, 15) is 0 Å². The van der Waals surface area contributed by atoms with Crippen molar-refractivity contribution in [1.82, 2.24) is 0 Å². The normalized spacial score (nSPS) is 3.81. The first kappa shape index (κ1) is 88.8. The molecule has 0 aliphatic carbocycles. The molecule has 0 fully saturated rings. The van der Waals surface area contributed by atoms with Gasteiger partial charge < -0.3 is 20.4 Å². The largest absolute Gasteiger partial charge is 0.394 e. The van der Waals surface area contributed by atoms with E-state index in [4.69, 9.17) is 20.4 Å². The number of aliphatic hydroxyl groups is 4. The third-order valence-electron chi connectivity index (χ3n) is 0.200. The van der Waals surface area contributed by atoms with Crippen molar-refractivity contribution in [2.75, 3.05) is 26.4 Å². The zero-order chi connectivity index (χ0) is 30.2. The second kappa shape index (κ2) is 2290. The fourth-order valence-corrected chi connectivity index (χ4v) is 0. The summed E-state index contributed by atoms with van der Waals surface area (Å²) < 4.78 is 0. The molecule has 0 aliphatic heterocycles. The molecule has 0 rings (SSSR count). The second-order valence-corrected chi connectivity index (χ2v) is 1.71. The first-order chi connectivity index (χ1) is 15.7. The maximum atomic E-state index is 7.62. The highest BCUT2D eigenvalue weighted by Gasteiger charge is 1.58. The van der Waals surface area contributed by atoms with E-state index in [2.05, 4.69) is 132 Å². The molecule has 0 amide bonds. The van der Waals surface area contributed by atoms with E-state index in [0.717, 1.165) is 0 Å². The predicted molar refractivity (Wildman–Crippen MR) is 161 cm³/mol. The molecule has 0 aromatic heterocycles. The van der Waals surface area contributed by atoms with Crippen molar-refractivity contribution in [3.05, 3.63) is 144 Å². The van der Waals surface area contributed by atoms with Crippen molar-refractivity contribution in [2.24, 2.45) is 0 Å². The van der Waals surface area contributed by atoms with Crippen molar-refractivity contribution in [3.63, 3.8) is 0 Å². The molecule has 0 aromatic carbocycles. The first-order valence-corrected chi connectivity index (χ1v) is 8.74. The number of aliphatic hydroxyl groups excluding tert-OH is 4. The van der Waals surface area contributed by atoms with Crippen molar-refractivity contribution in [3.8, 4) is 0 Å². The van der Waals surface area contributed by atoms with Gasteiger partial charge in [0.15, 0.2) is 0 Å². The summed E-state index contributed by atoms with van der Waals surface area (Å²) in [6.07, 6.45) is 3.50. The fourth-order valence-electron chi connectivity index (χ4n) is 0. The van der Waals surface area contributed by atoms with Crippen LogP contribution in [0.1, 0.15) is 13.8 Å². The van der Waals surface area contributed by atoms with Gasteiger partial charge in [-0.3, -0.25) is 0 Å². The summed E-state index contributed by atoms with van der Waals surface area (Å²) in [5, 5.41) is 30.5. The molecule has 0 saturated heterocycles. The Balaban J connectivity index is -0.0000000113. The Morgan fingerprint density at radius 1 is 0.344 bits per heavy atom. The maximum Gasteiger partial charge on any atom is 0.0662 e. The standard InChI is InChI=1S/2C3H6.2C2H6O2.9C2H4/c2*1-3-2;2*3-1-2-4;9*1-2/h2*3H,1H2,2H3;2*3-4H,1-2H2;9*1-2H2. The zero-order valence-electron chi connectivity index (χ0n) is 21.9. The topological polar surface area (TPSA) is 80.9 Å². The van der Waals surface area contributed by atoms with Gasteiger partial charge >= 0.3 is 0 Å².